The first kappa shape index (κ1) is 19.9. The molecule has 0 aliphatic carbocycles. The van der Waals surface area contributed by atoms with Crippen LogP contribution in [-0.4, -0.2) is 26.9 Å². The van der Waals surface area contributed by atoms with E-state index in [0.717, 1.165) is 0 Å². The largest absolute Gasteiger partial charge is 0.345 e. The smallest absolute Gasteiger partial charge is 0.256 e. The second kappa shape index (κ2) is 8.48. The molecule has 27 heavy (non-hydrogen) atoms. The van der Waals surface area contributed by atoms with Crippen molar-refractivity contribution in [3.8, 4) is 5.69 Å². The Hall–Kier alpha value is -1.80. The summed E-state index contributed by atoms with van der Waals surface area (Å²) in [4.78, 5) is 12.3. The van der Waals surface area contributed by atoms with Crippen LogP contribution < -0.4 is 5.32 Å². The molecule has 140 valence electrons. The van der Waals surface area contributed by atoms with E-state index in [1.54, 1.807) is 22.8 Å². The average molecular weight is 446 g/mol. The van der Waals surface area contributed by atoms with E-state index in [1.807, 2.05) is 6.26 Å². The van der Waals surface area contributed by atoms with Crippen molar-refractivity contribution < 1.29 is 9.18 Å². The molecule has 0 bridgehead atoms. The Bertz CT molecular complexity index is 992. The number of benzene rings is 2. The van der Waals surface area contributed by atoms with Gasteiger partial charge in [-0.25, -0.2) is 4.39 Å². The number of thioether (sulfide) groups is 1. The second-order valence-corrected chi connectivity index (χ2v) is 7.31. The van der Waals surface area contributed by atoms with Gasteiger partial charge in [-0.2, -0.15) is 0 Å². The molecule has 1 aromatic heterocycles. The van der Waals surface area contributed by atoms with E-state index in [2.05, 4.69) is 15.5 Å². The molecule has 0 radical (unpaired) electrons. The van der Waals surface area contributed by atoms with Gasteiger partial charge >= 0.3 is 0 Å². The molecule has 1 N–H and O–H groups in total. The number of hydrogen-bond donors (Lipinski definition) is 1. The molecule has 10 heteroatoms. The molecule has 0 fully saturated rings. The van der Waals surface area contributed by atoms with E-state index < -0.39 is 11.7 Å². The van der Waals surface area contributed by atoms with Gasteiger partial charge in [-0.15, -0.1) is 10.2 Å². The number of amides is 1. The molecular formula is C17H12Cl3FN4OS. The quantitative estimate of drug-likeness (QED) is 0.560. The molecule has 5 nitrogen and oxygen atoms in total. The number of carbonyl (C=O) groups is 1. The Morgan fingerprint density at radius 2 is 1.93 bits per heavy atom. The lowest BCUT2D eigenvalue weighted by Gasteiger charge is -2.11. The SMILES string of the molecule is CSc1nnc(CNC(=O)c2c(F)cccc2Cl)n1-c1ccc(Cl)c(Cl)c1. The summed E-state index contributed by atoms with van der Waals surface area (Å²) in [7, 11) is 0. The predicted molar refractivity (Wildman–Crippen MR) is 106 cm³/mol. The molecule has 1 amide bonds. The summed E-state index contributed by atoms with van der Waals surface area (Å²) in [6.07, 6.45) is 1.85. The van der Waals surface area contributed by atoms with Gasteiger partial charge in [0.15, 0.2) is 11.0 Å². The van der Waals surface area contributed by atoms with Crippen LogP contribution in [0.3, 0.4) is 0 Å². The van der Waals surface area contributed by atoms with Gasteiger partial charge in [-0.05, 0) is 36.6 Å². The fraction of sp³-hybridized carbons (Fsp3) is 0.118. The van der Waals surface area contributed by atoms with E-state index in [9.17, 15) is 9.18 Å². The van der Waals surface area contributed by atoms with Crippen molar-refractivity contribution in [2.45, 2.75) is 11.7 Å². The first-order chi connectivity index (χ1) is 12.9. The molecular weight excluding hydrogens is 434 g/mol. The van der Waals surface area contributed by atoms with Crippen LogP contribution in [0, 0.1) is 5.82 Å². The predicted octanol–water partition coefficient (Wildman–Crippen LogP) is 5.02. The summed E-state index contributed by atoms with van der Waals surface area (Å²) in [6.45, 7) is 0.0112. The highest BCUT2D eigenvalue weighted by Crippen LogP contribution is 2.27. The van der Waals surface area contributed by atoms with Gasteiger partial charge in [0.05, 0.1) is 32.9 Å². The van der Waals surface area contributed by atoms with Gasteiger partial charge in [0.25, 0.3) is 5.91 Å². The molecule has 0 saturated heterocycles. The standard InChI is InChI=1S/C17H12Cl3FN4OS/c1-27-17-24-23-14(25(17)9-5-6-10(18)12(20)7-9)8-22-16(26)15-11(19)3-2-4-13(15)21/h2-7H,8H2,1H3,(H,22,26). The Balaban J connectivity index is 1.89. The van der Waals surface area contributed by atoms with E-state index >= 15 is 0 Å². The maximum Gasteiger partial charge on any atom is 0.256 e. The van der Waals surface area contributed by atoms with Crippen LogP contribution in [0.2, 0.25) is 15.1 Å². The first-order valence-corrected chi connectivity index (χ1v) is 9.94. The van der Waals surface area contributed by atoms with Gasteiger partial charge in [0, 0.05) is 0 Å². The third kappa shape index (κ3) is 4.21. The van der Waals surface area contributed by atoms with Gasteiger partial charge in [-0.3, -0.25) is 9.36 Å². The fourth-order valence-corrected chi connectivity index (χ4v) is 3.45. The van der Waals surface area contributed by atoms with Crippen LogP contribution in [-0.2, 0) is 6.54 Å². The lowest BCUT2D eigenvalue weighted by Crippen LogP contribution is -2.26. The van der Waals surface area contributed by atoms with Crippen LogP contribution in [0.1, 0.15) is 16.2 Å². The monoisotopic (exact) mass is 444 g/mol. The Morgan fingerprint density at radius 3 is 2.59 bits per heavy atom. The zero-order valence-electron chi connectivity index (χ0n) is 13.8. The van der Waals surface area contributed by atoms with Crippen LogP contribution >= 0.6 is 46.6 Å². The topological polar surface area (TPSA) is 59.8 Å². The molecule has 0 aliphatic rings. The molecule has 0 unspecified atom stereocenters. The highest BCUT2D eigenvalue weighted by atomic mass is 35.5. The molecule has 0 saturated carbocycles. The minimum Gasteiger partial charge on any atom is -0.345 e. The van der Waals surface area contributed by atoms with Crippen molar-refractivity contribution in [1.82, 2.24) is 20.1 Å². The van der Waals surface area contributed by atoms with Crippen molar-refractivity contribution in [3.05, 3.63) is 68.7 Å². The second-order valence-electron chi connectivity index (χ2n) is 5.32. The van der Waals surface area contributed by atoms with Gasteiger partial charge in [0.1, 0.15) is 5.82 Å². The zero-order valence-corrected chi connectivity index (χ0v) is 16.9. The minimum atomic E-state index is -0.698. The normalized spacial score (nSPS) is 10.9. The lowest BCUT2D eigenvalue weighted by atomic mass is 10.2. The zero-order chi connectivity index (χ0) is 19.6. The highest BCUT2D eigenvalue weighted by molar-refractivity contribution is 7.98. The van der Waals surface area contributed by atoms with Crippen LogP contribution in [0.15, 0.2) is 41.6 Å². The van der Waals surface area contributed by atoms with Gasteiger partial charge in [-0.1, -0.05) is 52.6 Å². The summed E-state index contributed by atoms with van der Waals surface area (Å²) >= 11 is 19.4. The maximum atomic E-state index is 13.9. The van der Waals surface area contributed by atoms with Gasteiger partial charge in [0.2, 0.25) is 0 Å². The van der Waals surface area contributed by atoms with Crippen molar-refractivity contribution in [1.29, 1.82) is 0 Å². The highest BCUT2D eigenvalue weighted by Gasteiger charge is 2.18. The molecule has 2 aromatic carbocycles. The molecule has 0 atom stereocenters. The van der Waals surface area contributed by atoms with Crippen LogP contribution in [0.5, 0.6) is 0 Å². The van der Waals surface area contributed by atoms with E-state index in [0.29, 0.717) is 26.7 Å². The Kier molecular flexibility index (Phi) is 6.26. The summed E-state index contributed by atoms with van der Waals surface area (Å²) < 4.78 is 15.6. The summed E-state index contributed by atoms with van der Waals surface area (Å²) in [5.74, 6) is -0.901. The fourth-order valence-electron chi connectivity index (χ4n) is 2.39. The number of halogens is 4. The molecule has 3 aromatic rings. The molecule has 3 rings (SSSR count). The van der Waals surface area contributed by atoms with E-state index in [-0.39, 0.29) is 17.1 Å². The Morgan fingerprint density at radius 1 is 1.15 bits per heavy atom. The van der Waals surface area contributed by atoms with E-state index in [4.69, 9.17) is 34.8 Å². The maximum absolute atomic E-state index is 13.9. The van der Waals surface area contributed by atoms with Crippen LogP contribution in [0.4, 0.5) is 4.39 Å². The lowest BCUT2D eigenvalue weighted by molar-refractivity contribution is 0.0946. The summed E-state index contributed by atoms with van der Waals surface area (Å²) in [6, 6.07) is 9.14. The number of rotatable bonds is 5. The number of hydrogen-bond acceptors (Lipinski definition) is 4. The van der Waals surface area contributed by atoms with Crippen molar-refractivity contribution >= 4 is 52.5 Å². The molecule has 1 heterocycles. The van der Waals surface area contributed by atoms with E-state index in [1.165, 1.54) is 30.0 Å². The van der Waals surface area contributed by atoms with Crippen LogP contribution in [0.25, 0.3) is 5.69 Å². The average Bonchev–Trinajstić information content (AvgIpc) is 3.05. The third-order valence-corrected chi connectivity index (χ3v) is 5.32. The summed E-state index contributed by atoms with van der Waals surface area (Å²) in [5, 5.41) is 12.2. The molecule has 0 spiro atoms. The Labute approximate surface area is 173 Å². The number of nitrogens with one attached hydrogen (secondary N) is 1. The minimum absolute atomic E-state index is 0.0112. The van der Waals surface area contributed by atoms with Crippen molar-refractivity contribution in [2.24, 2.45) is 0 Å². The number of carbonyl (C=O) groups excluding carboxylic acids is 1. The summed E-state index contributed by atoms with van der Waals surface area (Å²) in [5.41, 5.74) is 0.469. The number of aromatic nitrogens is 3. The number of nitrogens with zero attached hydrogens (tertiary/aromatic N) is 3. The van der Waals surface area contributed by atoms with Crippen molar-refractivity contribution in [3.63, 3.8) is 0 Å². The first-order valence-electron chi connectivity index (χ1n) is 7.58. The third-order valence-electron chi connectivity index (χ3n) is 3.64. The van der Waals surface area contributed by atoms with Gasteiger partial charge < -0.3 is 5.32 Å². The molecule has 0 aliphatic heterocycles. The van der Waals surface area contributed by atoms with Crippen molar-refractivity contribution in [2.75, 3.05) is 6.26 Å².